The fraction of sp³-hybridized carbons (Fsp3) is 0.0667. The number of hydrogen-bond acceptors (Lipinski definition) is 4. The second-order valence-corrected chi connectivity index (χ2v) is 4.49. The Balaban J connectivity index is 2.24. The van der Waals surface area contributed by atoms with Gasteiger partial charge in [-0.15, -0.1) is 0 Å². The number of fused-ring (bicyclic) bond motifs is 1. The lowest BCUT2D eigenvalue weighted by Crippen LogP contribution is -2.19. The van der Waals surface area contributed by atoms with Crippen LogP contribution in [0.1, 0.15) is 16.2 Å². The Hall–Kier alpha value is -3.02. The Morgan fingerprint density at radius 1 is 1.14 bits per heavy atom. The smallest absolute Gasteiger partial charge is 0.341 e. The molecule has 0 amide bonds. The highest BCUT2D eigenvalue weighted by Crippen LogP contribution is 2.12. The van der Waals surface area contributed by atoms with E-state index in [-0.39, 0.29) is 5.56 Å². The molecule has 0 saturated carbocycles. The van der Waals surface area contributed by atoms with Gasteiger partial charge in [0, 0.05) is 24.0 Å². The fourth-order valence-electron chi connectivity index (χ4n) is 2.19. The molecule has 21 heavy (non-hydrogen) atoms. The molecule has 0 aliphatic heterocycles. The van der Waals surface area contributed by atoms with Crippen LogP contribution in [0, 0.1) is 0 Å². The summed E-state index contributed by atoms with van der Waals surface area (Å²) in [7, 11) is 0. The minimum Gasteiger partial charge on any atom is -0.477 e. The second-order valence-electron chi connectivity index (χ2n) is 4.49. The van der Waals surface area contributed by atoms with Crippen LogP contribution in [0.15, 0.2) is 53.7 Å². The second kappa shape index (κ2) is 5.16. The highest BCUT2D eigenvalue weighted by atomic mass is 16.4. The van der Waals surface area contributed by atoms with Crippen LogP contribution in [0.4, 0.5) is 0 Å². The van der Waals surface area contributed by atoms with Gasteiger partial charge >= 0.3 is 5.97 Å². The quantitative estimate of drug-likeness (QED) is 0.787. The first-order valence-corrected chi connectivity index (χ1v) is 6.28. The van der Waals surface area contributed by atoms with Gasteiger partial charge in [0.1, 0.15) is 11.4 Å². The molecule has 0 aliphatic carbocycles. The average molecular weight is 281 g/mol. The predicted octanol–water partition coefficient (Wildman–Crippen LogP) is 1.54. The molecule has 3 rings (SSSR count). The molecule has 0 saturated heterocycles. The predicted molar refractivity (Wildman–Crippen MR) is 76.3 cm³/mol. The van der Waals surface area contributed by atoms with E-state index in [1.54, 1.807) is 47.3 Å². The Kier molecular flexibility index (Phi) is 3.19. The number of carbonyl (C=O) groups is 1. The van der Waals surface area contributed by atoms with Crippen molar-refractivity contribution in [1.82, 2.24) is 14.5 Å². The van der Waals surface area contributed by atoms with Gasteiger partial charge in [-0.25, -0.2) is 14.8 Å². The summed E-state index contributed by atoms with van der Waals surface area (Å²) in [4.78, 5) is 31.6. The van der Waals surface area contributed by atoms with Crippen LogP contribution in [0.5, 0.6) is 0 Å². The lowest BCUT2D eigenvalue weighted by Gasteiger charge is -2.11. The molecular formula is C15H11N3O3. The van der Waals surface area contributed by atoms with Gasteiger partial charge in [0.05, 0.1) is 12.1 Å². The van der Waals surface area contributed by atoms with Crippen molar-refractivity contribution in [2.24, 2.45) is 0 Å². The fourth-order valence-corrected chi connectivity index (χ4v) is 2.19. The highest BCUT2D eigenvalue weighted by Gasteiger charge is 2.14. The zero-order valence-electron chi connectivity index (χ0n) is 10.9. The largest absolute Gasteiger partial charge is 0.477 e. The van der Waals surface area contributed by atoms with Gasteiger partial charge in [-0.3, -0.25) is 4.79 Å². The number of carboxylic acid groups (broad SMARTS) is 1. The summed E-state index contributed by atoms with van der Waals surface area (Å²) in [6.07, 6.45) is 4.57. The first-order valence-electron chi connectivity index (χ1n) is 6.28. The first-order chi connectivity index (χ1) is 10.2. The van der Waals surface area contributed by atoms with Crippen molar-refractivity contribution in [3.05, 3.63) is 70.5 Å². The molecule has 0 bridgehead atoms. The van der Waals surface area contributed by atoms with E-state index in [9.17, 15) is 14.7 Å². The number of aromatic carboxylic acids is 1. The number of benzene rings is 1. The number of para-hydroxylation sites is 1. The molecule has 2 heterocycles. The maximum atomic E-state index is 12.1. The Morgan fingerprint density at radius 2 is 1.86 bits per heavy atom. The van der Waals surface area contributed by atoms with Gasteiger partial charge in [0.2, 0.25) is 5.43 Å². The zero-order valence-corrected chi connectivity index (χ0v) is 10.9. The summed E-state index contributed by atoms with van der Waals surface area (Å²) in [5.74, 6) is -0.698. The van der Waals surface area contributed by atoms with E-state index >= 15 is 0 Å². The lowest BCUT2D eigenvalue weighted by molar-refractivity contribution is 0.0695. The zero-order chi connectivity index (χ0) is 14.8. The van der Waals surface area contributed by atoms with Crippen molar-refractivity contribution in [3.8, 4) is 0 Å². The molecule has 0 unspecified atom stereocenters. The molecule has 1 N–H and O–H groups in total. The first kappa shape index (κ1) is 13.0. The summed E-state index contributed by atoms with van der Waals surface area (Å²) < 4.78 is 1.68. The minimum absolute atomic E-state index is 0.260. The molecule has 1 aromatic carbocycles. The van der Waals surface area contributed by atoms with Crippen molar-refractivity contribution in [2.75, 3.05) is 0 Å². The number of pyridine rings is 1. The van der Waals surface area contributed by atoms with Crippen LogP contribution in [0.3, 0.4) is 0 Å². The van der Waals surface area contributed by atoms with E-state index in [1.807, 2.05) is 0 Å². The lowest BCUT2D eigenvalue weighted by atomic mass is 10.1. The Morgan fingerprint density at radius 3 is 2.57 bits per heavy atom. The third kappa shape index (κ3) is 2.38. The van der Waals surface area contributed by atoms with Crippen molar-refractivity contribution in [2.45, 2.75) is 6.54 Å². The number of aromatic nitrogens is 3. The normalized spacial score (nSPS) is 10.7. The number of nitrogens with zero attached hydrogens (tertiary/aromatic N) is 3. The summed E-state index contributed by atoms with van der Waals surface area (Å²) in [6.45, 7) is 0.294. The molecule has 6 nitrogen and oxygen atoms in total. The molecule has 3 aromatic rings. The minimum atomic E-state index is -1.24. The molecule has 2 aromatic heterocycles. The molecule has 0 atom stereocenters. The third-order valence-electron chi connectivity index (χ3n) is 3.15. The van der Waals surface area contributed by atoms with Crippen molar-refractivity contribution in [3.63, 3.8) is 0 Å². The maximum absolute atomic E-state index is 12.1. The van der Waals surface area contributed by atoms with E-state index in [1.165, 1.54) is 6.20 Å². The monoisotopic (exact) mass is 281 g/mol. The number of hydrogen-bond donors (Lipinski definition) is 1. The van der Waals surface area contributed by atoms with Crippen LogP contribution in [0.2, 0.25) is 0 Å². The molecule has 6 heteroatoms. The van der Waals surface area contributed by atoms with E-state index in [4.69, 9.17) is 0 Å². The molecule has 0 aliphatic rings. The van der Waals surface area contributed by atoms with Gasteiger partial charge in [-0.05, 0) is 18.2 Å². The Bertz CT molecular complexity index is 872. The van der Waals surface area contributed by atoms with Crippen molar-refractivity contribution >= 4 is 16.9 Å². The number of rotatable bonds is 3. The highest BCUT2D eigenvalue weighted by molar-refractivity contribution is 5.92. The summed E-state index contributed by atoms with van der Waals surface area (Å²) in [5.41, 5.74) is -0.0899. The van der Waals surface area contributed by atoms with Crippen LogP contribution in [-0.2, 0) is 6.54 Å². The van der Waals surface area contributed by atoms with E-state index in [2.05, 4.69) is 9.97 Å². The number of carboxylic acids is 1. The Labute approximate surface area is 119 Å². The van der Waals surface area contributed by atoms with Gasteiger partial charge < -0.3 is 9.67 Å². The molecular weight excluding hydrogens is 270 g/mol. The van der Waals surface area contributed by atoms with E-state index < -0.39 is 11.4 Å². The van der Waals surface area contributed by atoms with E-state index in [0.717, 1.165) is 0 Å². The molecule has 0 spiro atoms. The van der Waals surface area contributed by atoms with Crippen LogP contribution in [0.25, 0.3) is 10.9 Å². The molecule has 0 fully saturated rings. The summed E-state index contributed by atoms with van der Waals surface area (Å²) in [6, 6.07) is 8.59. The summed E-state index contributed by atoms with van der Waals surface area (Å²) >= 11 is 0. The van der Waals surface area contributed by atoms with Crippen molar-refractivity contribution in [1.29, 1.82) is 0 Å². The van der Waals surface area contributed by atoms with Crippen molar-refractivity contribution < 1.29 is 9.90 Å². The maximum Gasteiger partial charge on any atom is 0.341 e. The third-order valence-corrected chi connectivity index (χ3v) is 3.15. The van der Waals surface area contributed by atoms with Gasteiger partial charge in [-0.1, -0.05) is 12.1 Å². The van der Waals surface area contributed by atoms with Crippen LogP contribution in [-0.4, -0.2) is 25.6 Å². The van der Waals surface area contributed by atoms with Gasteiger partial charge in [0.25, 0.3) is 0 Å². The van der Waals surface area contributed by atoms with Gasteiger partial charge in [-0.2, -0.15) is 0 Å². The average Bonchev–Trinajstić information content (AvgIpc) is 2.51. The summed E-state index contributed by atoms with van der Waals surface area (Å²) in [5, 5.41) is 9.54. The SMILES string of the molecule is O=C(O)c1cn(Cc2ncccn2)c2ccccc2c1=O. The molecule has 104 valence electrons. The van der Waals surface area contributed by atoms with E-state index in [0.29, 0.717) is 23.3 Å². The van der Waals surface area contributed by atoms with Crippen LogP contribution < -0.4 is 5.43 Å². The topological polar surface area (TPSA) is 85.1 Å². The van der Waals surface area contributed by atoms with Gasteiger partial charge in [0.15, 0.2) is 0 Å². The molecule has 0 radical (unpaired) electrons. The standard InChI is InChI=1S/C15H11N3O3/c19-14-10-4-1-2-5-12(10)18(8-11(14)15(20)21)9-13-16-6-3-7-17-13/h1-8H,9H2,(H,20,21). The van der Waals surface area contributed by atoms with Crippen LogP contribution >= 0.6 is 0 Å².